The minimum absolute atomic E-state index is 0. The number of nitrogens with one attached hydrogen (secondary N) is 2. The summed E-state index contributed by atoms with van der Waals surface area (Å²) in [5, 5.41) is 8.14. The Bertz CT molecular complexity index is 721. The van der Waals surface area contributed by atoms with Crippen LogP contribution in [-0.2, 0) is 6.42 Å². The van der Waals surface area contributed by atoms with Gasteiger partial charge in [0.15, 0.2) is 5.96 Å². The molecule has 1 aromatic heterocycles. The fourth-order valence-corrected chi connectivity index (χ4v) is 3.94. The van der Waals surface area contributed by atoms with E-state index in [4.69, 9.17) is 0 Å². The van der Waals surface area contributed by atoms with Crippen molar-refractivity contribution in [2.24, 2.45) is 4.99 Å². The minimum Gasteiger partial charge on any atom is -0.356 e. The third-order valence-corrected chi connectivity index (χ3v) is 5.76. The van der Waals surface area contributed by atoms with Crippen molar-refractivity contribution in [3.05, 3.63) is 51.0 Å². The molecule has 1 aliphatic carbocycles. The number of rotatable bonds is 5. The Morgan fingerprint density at radius 2 is 2.04 bits per heavy atom. The first kappa shape index (κ1) is 20.2. The Morgan fingerprint density at radius 3 is 2.68 bits per heavy atom. The van der Waals surface area contributed by atoms with Gasteiger partial charge >= 0.3 is 0 Å². The third kappa shape index (κ3) is 5.17. The van der Waals surface area contributed by atoms with Gasteiger partial charge in [-0.05, 0) is 38.3 Å². The summed E-state index contributed by atoms with van der Waals surface area (Å²) in [7, 11) is 1.83. The number of halogens is 1. The number of aromatic nitrogens is 1. The van der Waals surface area contributed by atoms with Gasteiger partial charge in [-0.1, -0.05) is 24.3 Å². The lowest BCUT2D eigenvalue weighted by molar-refractivity contribution is 0.776. The molecule has 2 aromatic rings. The van der Waals surface area contributed by atoms with Gasteiger partial charge in [0.2, 0.25) is 0 Å². The first-order valence-corrected chi connectivity index (χ1v) is 9.35. The highest BCUT2D eigenvalue weighted by molar-refractivity contribution is 14.0. The number of guanidine groups is 1. The molecule has 0 spiro atoms. The van der Waals surface area contributed by atoms with Gasteiger partial charge < -0.3 is 10.6 Å². The maximum atomic E-state index is 4.59. The van der Waals surface area contributed by atoms with Crippen molar-refractivity contribution in [1.82, 2.24) is 15.6 Å². The second-order valence-electron chi connectivity index (χ2n) is 6.45. The molecule has 0 saturated heterocycles. The van der Waals surface area contributed by atoms with E-state index < -0.39 is 0 Å². The van der Waals surface area contributed by atoms with E-state index in [1.807, 2.05) is 7.05 Å². The molecule has 0 bridgehead atoms. The minimum atomic E-state index is 0. The summed E-state index contributed by atoms with van der Waals surface area (Å²) in [4.78, 5) is 10.2. The molecule has 1 aromatic carbocycles. The van der Waals surface area contributed by atoms with Crippen molar-refractivity contribution in [3.8, 4) is 0 Å². The fraction of sp³-hybridized carbons (Fsp3) is 0.474. The number of hydrogen-bond acceptors (Lipinski definition) is 3. The van der Waals surface area contributed by atoms with E-state index in [-0.39, 0.29) is 24.0 Å². The van der Waals surface area contributed by atoms with Crippen LogP contribution in [-0.4, -0.2) is 30.6 Å². The van der Waals surface area contributed by atoms with Gasteiger partial charge in [0, 0.05) is 36.9 Å². The highest BCUT2D eigenvalue weighted by atomic mass is 127. The Hall–Kier alpha value is -1.15. The highest BCUT2D eigenvalue weighted by Crippen LogP contribution is 2.41. The quantitative estimate of drug-likeness (QED) is 0.395. The summed E-state index contributed by atoms with van der Waals surface area (Å²) >= 11 is 1.79. The molecule has 0 radical (unpaired) electrons. The number of aliphatic imine (C=N–C) groups is 1. The van der Waals surface area contributed by atoms with Gasteiger partial charge in [-0.15, -0.1) is 35.3 Å². The largest absolute Gasteiger partial charge is 0.356 e. The molecule has 1 saturated carbocycles. The predicted octanol–water partition coefficient (Wildman–Crippen LogP) is 3.95. The van der Waals surface area contributed by atoms with Gasteiger partial charge in [0.1, 0.15) is 0 Å². The molecule has 2 unspecified atom stereocenters. The molecule has 1 aliphatic rings. The molecular weight excluding hydrogens is 443 g/mol. The van der Waals surface area contributed by atoms with Crippen LogP contribution in [0.5, 0.6) is 0 Å². The van der Waals surface area contributed by atoms with Gasteiger partial charge in [-0.25, -0.2) is 4.98 Å². The van der Waals surface area contributed by atoms with Crippen LogP contribution < -0.4 is 10.6 Å². The molecule has 25 heavy (non-hydrogen) atoms. The van der Waals surface area contributed by atoms with Crippen LogP contribution in [0.3, 0.4) is 0 Å². The van der Waals surface area contributed by atoms with E-state index in [2.05, 4.69) is 65.6 Å². The molecule has 3 rings (SSSR count). The average Bonchev–Trinajstić information content (AvgIpc) is 3.25. The van der Waals surface area contributed by atoms with Crippen LogP contribution in [0.4, 0.5) is 0 Å². The van der Waals surface area contributed by atoms with Crippen LogP contribution in [0, 0.1) is 20.8 Å². The third-order valence-electron chi connectivity index (χ3n) is 4.63. The smallest absolute Gasteiger partial charge is 0.191 e. The monoisotopic (exact) mass is 470 g/mol. The van der Waals surface area contributed by atoms with Crippen molar-refractivity contribution in [1.29, 1.82) is 0 Å². The van der Waals surface area contributed by atoms with Crippen LogP contribution >= 0.6 is 35.3 Å². The summed E-state index contributed by atoms with van der Waals surface area (Å²) < 4.78 is 0. The molecule has 1 fully saturated rings. The highest BCUT2D eigenvalue weighted by Gasteiger charge is 2.39. The van der Waals surface area contributed by atoms with Gasteiger partial charge in [-0.3, -0.25) is 4.99 Å². The van der Waals surface area contributed by atoms with E-state index in [1.165, 1.54) is 27.4 Å². The number of nitrogens with zero attached hydrogens (tertiary/aromatic N) is 2. The van der Waals surface area contributed by atoms with Crippen LogP contribution in [0.1, 0.15) is 39.0 Å². The maximum Gasteiger partial charge on any atom is 0.191 e. The van der Waals surface area contributed by atoms with E-state index in [9.17, 15) is 0 Å². The maximum absolute atomic E-state index is 4.59. The van der Waals surface area contributed by atoms with E-state index in [0.717, 1.165) is 24.6 Å². The van der Waals surface area contributed by atoms with Crippen LogP contribution in [0.25, 0.3) is 0 Å². The van der Waals surface area contributed by atoms with Gasteiger partial charge in [-0.2, -0.15) is 0 Å². The fourth-order valence-electron chi connectivity index (χ4n) is 3.01. The zero-order chi connectivity index (χ0) is 17.1. The predicted molar refractivity (Wildman–Crippen MR) is 118 cm³/mol. The average molecular weight is 470 g/mol. The Labute approximate surface area is 171 Å². The molecule has 2 atom stereocenters. The summed E-state index contributed by atoms with van der Waals surface area (Å²) in [5.74, 6) is 1.50. The summed E-state index contributed by atoms with van der Waals surface area (Å²) in [6.45, 7) is 7.24. The lowest BCUT2D eigenvalue weighted by atomic mass is 10.0. The molecule has 1 heterocycles. The SMILES string of the molecule is CN=C(NCCc1nc(C)c(C)s1)NC1CC1c1ccccc1C.I. The second-order valence-corrected chi connectivity index (χ2v) is 7.74. The second kappa shape index (κ2) is 8.98. The Balaban J connectivity index is 0.00000225. The number of hydrogen-bond donors (Lipinski definition) is 2. The van der Waals surface area contributed by atoms with Crippen molar-refractivity contribution < 1.29 is 0 Å². The van der Waals surface area contributed by atoms with Crippen LogP contribution in [0.2, 0.25) is 0 Å². The summed E-state index contributed by atoms with van der Waals surface area (Å²) in [5.41, 5.74) is 3.99. The molecular formula is C19H27IN4S. The Morgan fingerprint density at radius 1 is 1.28 bits per heavy atom. The van der Waals surface area contributed by atoms with Crippen LogP contribution in [0.15, 0.2) is 29.3 Å². The Kier molecular flexibility index (Phi) is 7.25. The molecule has 136 valence electrons. The normalized spacial score (nSPS) is 19.3. The topological polar surface area (TPSA) is 49.3 Å². The first-order chi connectivity index (χ1) is 11.6. The number of thiazole rings is 1. The molecule has 4 nitrogen and oxygen atoms in total. The zero-order valence-corrected chi connectivity index (χ0v) is 18.4. The molecule has 0 amide bonds. The van der Waals surface area contributed by atoms with Gasteiger partial charge in [0.05, 0.1) is 10.7 Å². The molecule has 2 N–H and O–H groups in total. The van der Waals surface area contributed by atoms with Crippen molar-refractivity contribution >= 4 is 41.3 Å². The van der Waals surface area contributed by atoms with Gasteiger partial charge in [0.25, 0.3) is 0 Å². The number of aryl methyl sites for hydroxylation is 3. The van der Waals surface area contributed by atoms with E-state index in [0.29, 0.717) is 12.0 Å². The van der Waals surface area contributed by atoms with Crippen molar-refractivity contribution in [2.45, 2.75) is 45.6 Å². The standard InChI is InChI=1S/C19H26N4S.HI/c1-12-7-5-6-8-15(12)16-11-17(16)23-19(20-4)21-10-9-18-22-13(2)14(3)24-18;/h5-8,16-17H,9-11H2,1-4H3,(H2,20,21,23);1H. The van der Waals surface area contributed by atoms with E-state index >= 15 is 0 Å². The summed E-state index contributed by atoms with van der Waals surface area (Å²) in [6.07, 6.45) is 2.11. The van der Waals surface area contributed by atoms with E-state index in [1.54, 1.807) is 11.3 Å². The zero-order valence-electron chi connectivity index (χ0n) is 15.3. The van der Waals surface area contributed by atoms with Crippen molar-refractivity contribution in [3.63, 3.8) is 0 Å². The lowest BCUT2D eigenvalue weighted by Crippen LogP contribution is -2.39. The number of benzene rings is 1. The van der Waals surface area contributed by atoms with Crippen molar-refractivity contribution in [2.75, 3.05) is 13.6 Å². The lowest BCUT2D eigenvalue weighted by Gasteiger charge is -2.12. The first-order valence-electron chi connectivity index (χ1n) is 8.54. The molecule has 0 aliphatic heterocycles. The molecule has 6 heteroatoms. The summed E-state index contributed by atoms with van der Waals surface area (Å²) in [6, 6.07) is 9.15.